The average Bonchev–Trinajstić information content (AvgIpc) is 3.38. The quantitative estimate of drug-likeness (QED) is 0.473. The second kappa shape index (κ2) is 7.35. The normalized spacial score (nSPS) is 52.2. The van der Waals surface area contributed by atoms with E-state index in [1.54, 1.807) is 12.7 Å². The minimum atomic E-state index is -0.0930. The summed E-state index contributed by atoms with van der Waals surface area (Å²) in [5, 5.41) is 10.2. The highest BCUT2D eigenvalue weighted by Gasteiger charge is 2.59. The molecular weight excluding hydrogens is 360 g/mol. The summed E-state index contributed by atoms with van der Waals surface area (Å²) in [6, 6.07) is 0. The zero-order valence-corrected chi connectivity index (χ0v) is 19.0. The molecule has 0 bridgehead atoms. The molecule has 1 saturated heterocycles. The molecule has 3 nitrogen and oxygen atoms in total. The van der Waals surface area contributed by atoms with Crippen molar-refractivity contribution in [3.63, 3.8) is 0 Å². The first-order chi connectivity index (χ1) is 13.9. The van der Waals surface area contributed by atoms with Gasteiger partial charge in [0, 0.05) is 7.11 Å². The Hall–Kier alpha value is -0.380. The van der Waals surface area contributed by atoms with Crippen LogP contribution in [0.25, 0.3) is 0 Å². The first-order valence-corrected chi connectivity index (χ1v) is 12.4. The fourth-order valence-electron chi connectivity index (χ4n) is 8.78. The maximum absolute atomic E-state index is 10.2. The van der Waals surface area contributed by atoms with Gasteiger partial charge in [-0.15, -0.1) is 0 Å². The Kier molecular flexibility index (Phi) is 5.20. The molecule has 0 aromatic carbocycles. The minimum Gasteiger partial charge on any atom is -0.393 e. The Morgan fingerprint density at radius 3 is 2.76 bits per heavy atom. The summed E-state index contributed by atoms with van der Waals surface area (Å²) in [6.45, 7) is 7.71. The topological polar surface area (TPSA) is 42.0 Å². The zero-order valence-electron chi connectivity index (χ0n) is 19.0. The summed E-state index contributed by atoms with van der Waals surface area (Å²) in [7, 11) is 1.76. The number of epoxide rings is 1. The smallest absolute Gasteiger partial charge is 0.184 e. The summed E-state index contributed by atoms with van der Waals surface area (Å²) in [5.74, 6) is 4.29. The van der Waals surface area contributed by atoms with Gasteiger partial charge in [-0.25, -0.2) is 0 Å². The van der Waals surface area contributed by atoms with E-state index in [1.165, 1.54) is 44.9 Å². The van der Waals surface area contributed by atoms with Gasteiger partial charge in [0.25, 0.3) is 0 Å². The van der Waals surface area contributed by atoms with Gasteiger partial charge in [0.05, 0.1) is 6.10 Å². The Bertz CT molecular complexity index is 658. The Morgan fingerprint density at radius 2 is 2.00 bits per heavy atom. The number of ether oxygens (including phenoxy) is 2. The Labute approximate surface area is 177 Å². The summed E-state index contributed by atoms with van der Waals surface area (Å²) >= 11 is 0. The van der Waals surface area contributed by atoms with E-state index in [0.29, 0.717) is 16.9 Å². The van der Waals surface area contributed by atoms with Gasteiger partial charge in [-0.05, 0) is 105 Å². The molecule has 1 aliphatic heterocycles. The summed E-state index contributed by atoms with van der Waals surface area (Å²) in [5.41, 5.74) is 2.49. The van der Waals surface area contributed by atoms with E-state index >= 15 is 0 Å². The van der Waals surface area contributed by atoms with Crippen LogP contribution in [0.5, 0.6) is 0 Å². The molecule has 0 amide bonds. The number of hydrogen-bond acceptors (Lipinski definition) is 3. The van der Waals surface area contributed by atoms with Crippen molar-refractivity contribution in [2.45, 2.75) is 103 Å². The first kappa shape index (κ1) is 20.5. The summed E-state index contributed by atoms with van der Waals surface area (Å²) < 4.78 is 10.9. The number of aliphatic hydroxyl groups excluding tert-OH is 1. The number of aliphatic hydroxyl groups is 1. The van der Waals surface area contributed by atoms with Crippen molar-refractivity contribution in [2.24, 2.45) is 40.4 Å². The van der Waals surface area contributed by atoms with Crippen LogP contribution in [-0.2, 0) is 9.47 Å². The maximum Gasteiger partial charge on any atom is 0.184 e. The molecule has 1 heterocycles. The SMILES string of the molecule is COC1OC1CC[C@@H](C)[C@H]1CC[C@H]2[C@@H]3CC=C4C[C@@H](O)CC[C@]4(C)[C@H]3CC[C@]12C. The number of hydrogen-bond donors (Lipinski definition) is 1. The van der Waals surface area contributed by atoms with Crippen molar-refractivity contribution in [3.8, 4) is 0 Å². The zero-order chi connectivity index (χ0) is 20.4. The van der Waals surface area contributed by atoms with Crippen molar-refractivity contribution in [3.05, 3.63) is 11.6 Å². The lowest BCUT2D eigenvalue weighted by molar-refractivity contribution is -0.0573. The molecule has 4 fully saturated rings. The van der Waals surface area contributed by atoms with Gasteiger partial charge in [-0.2, -0.15) is 0 Å². The second-order valence-electron chi connectivity index (χ2n) is 11.7. The van der Waals surface area contributed by atoms with Crippen LogP contribution in [0.3, 0.4) is 0 Å². The Morgan fingerprint density at radius 1 is 1.17 bits per heavy atom. The van der Waals surface area contributed by atoms with Crippen LogP contribution in [-0.4, -0.2) is 30.7 Å². The molecule has 0 aromatic rings. The Balaban J connectivity index is 1.29. The minimum absolute atomic E-state index is 0.0718. The average molecular weight is 403 g/mol. The summed E-state index contributed by atoms with van der Waals surface area (Å²) in [4.78, 5) is 0. The largest absolute Gasteiger partial charge is 0.393 e. The van der Waals surface area contributed by atoms with E-state index in [-0.39, 0.29) is 12.4 Å². The monoisotopic (exact) mass is 402 g/mol. The van der Waals surface area contributed by atoms with Crippen molar-refractivity contribution >= 4 is 0 Å². The highest BCUT2D eigenvalue weighted by atomic mass is 16.8. The summed E-state index contributed by atoms with van der Waals surface area (Å²) in [6.07, 6.45) is 15.5. The fourth-order valence-corrected chi connectivity index (χ4v) is 8.78. The van der Waals surface area contributed by atoms with Gasteiger partial charge in [-0.1, -0.05) is 32.4 Å². The lowest BCUT2D eigenvalue weighted by atomic mass is 9.47. The van der Waals surface area contributed by atoms with Crippen LogP contribution < -0.4 is 0 Å². The molecule has 10 atom stereocenters. The van der Waals surface area contributed by atoms with Gasteiger partial charge in [0.2, 0.25) is 0 Å². The van der Waals surface area contributed by atoms with E-state index in [9.17, 15) is 5.11 Å². The molecule has 3 saturated carbocycles. The maximum atomic E-state index is 10.2. The van der Waals surface area contributed by atoms with Gasteiger partial charge in [-0.3, -0.25) is 0 Å². The number of allylic oxidation sites excluding steroid dienone is 1. The predicted octanol–water partition coefficient (Wildman–Crippen LogP) is 5.71. The highest BCUT2D eigenvalue weighted by Crippen LogP contribution is 2.67. The van der Waals surface area contributed by atoms with Crippen molar-refractivity contribution in [1.82, 2.24) is 0 Å². The van der Waals surface area contributed by atoms with E-state index in [0.717, 1.165) is 48.9 Å². The molecule has 2 unspecified atom stereocenters. The standard InChI is InChI=1S/C26H42O3/c1-16(5-10-23-24(28-4)29-23)20-8-9-21-19-7-6-17-15-18(27)11-13-25(17,2)22(19)12-14-26(20,21)3/h6,16,18-24,27H,5,7-15H2,1-4H3/t16-,18+,19+,20-,21+,22+,23?,24?,25+,26-/m1/s1. The van der Waals surface area contributed by atoms with Gasteiger partial charge in [0.1, 0.15) is 6.10 Å². The third-order valence-electron chi connectivity index (χ3n) is 10.5. The van der Waals surface area contributed by atoms with Crippen molar-refractivity contribution in [1.29, 1.82) is 0 Å². The van der Waals surface area contributed by atoms with Crippen LogP contribution in [0.4, 0.5) is 0 Å². The fraction of sp³-hybridized carbons (Fsp3) is 0.923. The molecule has 3 heteroatoms. The number of fused-ring (bicyclic) bond motifs is 5. The van der Waals surface area contributed by atoms with Crippen molar-refractivity contribution in [2.75, 3.05) is 7.11 Å². The highest BCUT2D eigenvalue weighted by molar-refractivity contribution is 5.25. The first-order valence-electron chi connectivity index (χ1n) is 12.4. The third-order valence-corrected chi connectivity index (χ3v) is 10.5. The number of methoxy groups -OCH3 is 1. The van der Waals surface area contributed by atoms with E-state index in [4.69, 9.17) is 9.47 Å². The van der Waals surface area contributed by atoms with Crippen LogP contribution in [0.2, 0.25) is 0 Å². The molecule has 1 N–H and O–H groups in total. The molecule has 0 aromatic heterocycles. The van der Waals surface area contributed by atoms with E-state index in [2.05, 4.69) is 26.8 Å². The second-order valence-corrected chi connectivity index (χ2v) is 11.7. The molecular formula is C26H42O3. The molecule has 164 valence electrons. The molecule has 5 aliphatic rings. The molecule has 5 rings (SSSR count). The van der Waals surface area contributed by atoms with Crippen LogP contribution in [0, 0.1) is 40.4 Å². The van der Waals surface area contributed by atoms with Crippen LogP contribution >= 0.6 is 0 Å². The van der Waals surface area contributed by atoms with E-state index in [1.807, 2.05) is 0 Å². The lowest BCUT2D eigenvalue weighted by Crippen LogP contribution is -2.50. The van der Waals surface area contributed by atoms with Gasteiger partial charge < -0.3 is 14.6 Å². The van der Waals surface area contributed by atoms with Crippen LogP contribution in [0.15, 0.2) is 11.6 Å². The van der Waals surface area contributed by atoms with Crippen molar-refractivity contribution < 1.29 is 14.6 Å². The molecule has 0 spiro atoms. The number of rotatable bonds is 5. The molecule has 0 radical (unpaired) electrons. The molecule has 4 aliphatic carbocycles. The van der Waals surface area contributed by atoms with E-state index < -0.39 is 0 Å². The predicted molar refractivity (Wildman–Crippen MR) is 115 cm³/mol. The van der Waals surface area contributed by atoms with Crippen LogP contribution in [0.1, 0.15) is 85.0 Å². The van der Waals surface area contributed by atoms with Gasteiger partial charge in [0.15, 0.2) is 6.29 Å². The van der Waals surface area contributed by atoms with Gasteiger partial charge >= 0.3 is 0 Å². The lowest BCUT2D eigenvalue weighted by Gasteiger charge is -2.58. The molecule has 29 heavy (non-hydrogen) atoms. The third kappa shape index (κ3) is 3.26.